The van der Waals surface area contributed by atoms with Gasteiger partial charge in [-0.15, -0.1) is 0 Å². The molecular weight excluding hydrogens is 252 g/mol. The fourth-order valence-electron chi connectivity index (χ4n) is 2.10. The fourth-order valence-corrected chi connectivity index (χ4v) is 2.10. The number of nitrogens with one attached hydrogen (secondary N) is 1. The molecule has 1 aromatic heterocycles. The van der Waals surface area contributed by atoms with Crippen LogP contribution in [0.4, 0.5) is 0 Å². The Labute approximate surface area is 116 Å². The Bertz CT molecular complexity index is 734. The molecule has 4 heteroatoms. The summed E-state index contributed by atoms with van der Waals surface area (Å²) in [6, 6.07) is 15.0. The van der Waals surface area contributed by atoms with Gasteiger partial charge in [0, 0.05) is 5.56 Å². The summed E-state index contributed by atoms with van der Waals surface area (Å²) in [5.41, 5.74) is 3.00. The van der Waals surface area contributed by atoms with Crippen LogP contribution in [0, 0.1) is 0 Å². The van der Waals surface area contributed by atoms with E-state index in [1.807, 2.05) is 37.3 Å². The first-order valence-electron chi connectivity index (χ1n) is 6.43. The lowest BCUT2D eigenvalue weighted by atomic mass is 10.1. The van der Waals surface area contributed by atoms with Gasteiger partial charge in [0.15, 0.2) is 12.0 Å². The van der Waals surface area contributed by atoms with Crippen molar-refractivity contribution in [2.24, 2.45) is 0 Å². The van der Waals surface area contributed by atoms with E-state index in [-0.39, 0.29) is 11.9 Å². The van der Waals surface area contributed by atoms with Crippen molar-refractivity contribution in [1.29, 1.82) is 0 Å². The summed E-state index contributed by atoms with van der Waals surface area (Å²) in [7, 11) is 0. The number of hydrogen-bond donors (Lipinski definition) is 1. The van der Waals surface area contributed by atoms with Crippen molar-refractivity contribution in [2.75, 3.05) is 0 Å². The number of rotatable bonds is 3. The third-order valence-corrected chi connectivity index (χ3v) is 3.24. The molecular formula is C16H14N2O2. The Morgan fingerprint density at radius 1 is 1.20 bits per heavy atom. The molecule has 2 aromatic carbocycles. The first kappa shape index (κ1) is 12.4. The predicted molar refractivity (Wildman–Crippen MR) is 76.3 cm³/mol. The fraction of sp³-hybridized carbons (Fsp3) is 0.125. The van der Waals surface area contributed by atoms with Gasteiger partial charge in [0.25, 0.3) is 5.91 Å². The number of hydrogen-bond acceptors (Lipinski definition) is 3. The normalized spacial score (nSPS) is 12.2. The number of carbonyl (C=O) groups excluding carboxylic acids is 1. The molecule has 1 heterocycles. The van der Waals surface area contributed by atoms with Crippen molar-refractivity contribution in [3.8, 4) is 0 Å². The van der Waals surface area contributed by atoms with Crippen LogP contribution in [0.5, 0.6) is 0 Å². The van der Waals surface area contributed by atoms with Crippen molar-refractivity contribution in [1.82, 2.24) is 10.3 Å². The minimum absolute atomic E-state index is 0.0471. The number of benzene rings is 2. The van der Waals surface area contributed by atoms with E-state index in [4.69, 9.17) is 4.42 Å². The van der Waals surface area contributed by atoms with E-state index in [9.17, 15) is 4.79 Å². The molecule has 100 valence electrons. The maximum Gasteiger partial charge on any atom is 0.251 e. The lowest BCUT2D eigenvalue weighted by Crippen LogP contribution is -2.26. The molecule has 1 N–H and O–H groups in total. The van der Waals surface area contributed by atoms with Gasteiger partial charge >= 0.3 is 0 Å². The van der Waals surface area contributed by atoms with E-state index in [0.717, 1.165) is 11.1 Å². The van der Waals surface area contributed by atoms with Crippen LogP contribution in [0.2, 0.25) is 0 Å². The lowest BCUT2D eigenvalue weighted by Gasteiger charge is -2.14. The number of nitrogens with zero attached hydrogens (tertiary/aromatic N) is 1. The van der Waals surface area contributed by atoms with Crippen molar-refractivity contribution in [2.45, 2.75) is 13.0 Å². The molecule has 3 rings (SSSR count). The van der Waals surface area contributed by atoms with Gasteiger partial charge in [0.2, 0.25) is 0 Å². The Hall–Kier alpha value is -2.62. The van der Waals surface area contributed by atoms with E-state index in [1.54, 1.807) is 18.2 Å². The predicted octanol–water partition coefficient (Wildman–Crippen LogP) is 3.32. The molecule has 1 atom stereocenters. The number of fused-ring (bicyclic) bond motifs is 1. The lowest BCUT2D eigenvalue weighted by molar-refractivity contribution is 0.0940. The van der Waals surface area contributed by atoms with Gasteiger partial charge < -0.3 is 9.73 Å². The van der Waals surface area contributed by atoms with Crippen LogP contribution in [-0.4, -0.2) is 10.9 Å². The summed E-state index contributed by atoms with van der Waals surface area (Å²) in [6.45, 7) is 1.96. The van der Waals surface area contributed by atoms with E-state index in [1.165, 1.54) is 6.39 Å². The van der Waals surface area contributed by atoms with E-state index in [0.29, 0.717) is 11.1 Å². The van der Waals surface area contributed by atoms with E-state index < -0.39 is 0 Å². The van der Waals surface area contributed by atoms with Crippen LogP contribution >= 0.6 is 0 Å². The third kappa shape index (κ3) is 2.40. The zero-order valence-electron chi connectivity index (χ0n) is 11.0. The van der Waals surface area contributed by atoms with Gasteiger partial charge in [-0.2, -0.15) is 0 Å². The standard InChI is InChI=1S/C16H14N2O2/c1-11(12-5-3-2-4-6-12)18-16(19)13-7-8-14-15(9-13)20-10-17-14/h2-11H,1H3,(H,18,19). The zero-order valence-corrected chi connectivity index (χ0v) is 11.0. The molecule has 1 amide bonds. The number of amides is 1. The van der Waals surface area contributed by atoms with Crippen LogP contribution in [0.3, 0.4) is 0 Å². The highest BCUT2D eigenvalue weighted by Gasteiger charge is 2.12. The molecule has 0 spiro atoms. The Balaban J connectivity index is 1.78. The third-order valence-electron chi connectivity index (χ3n) is 3.24. The zero-order chi connectivity index (χ0) is 13.9. The number of aromatic nitrogens is 1. The Morgan fingerprint density at radius 2 is 2.00 bits per heavy atom. The van der Waals surface area contributed by atoms with Gasteiger partial charge in [-0.05, 0) is 30.7 Å². The van der Waals surface area contributed by atoms with Gasteiger partial charge in [0.1, 0.15) is 5.52 Å². The quantitative estimate of drug-likeness (QED) is 0.791. The van der Waals surface area contributed by atoms with Crippen molar-refractivity contribution in [3.05, 3.63) is 66.1 Å². The van der Waals surface area contributed by atoms with Crippen LogP contribution in [0.25, 0.3) is 11.1 Å². The second kappa shape index (κ2) is 5.17. The molecule has 0 saturated carbocycles. The maximum absolute atomic E-state index is 12.2. The smallest absolute Gasteiger partial charge is 0.251 e. The minimum atomic E-state index is -0.125. The van der Waals surface area contributed by atoms with E-state index in [2.05, 4.69) is 10.3 Å². The second-order valence-corrected chi connectivity index (χ2v) is 4.64. The minimum Gasteiger partial charge on any atom is -0.443 e. The summed E-state index contributed by atoms with van der Waals surface area (Å²) >= 11 is 0. The Morgan fingerprint density at radius 3 is 2.80 bits per heavy atom. The Kier molecular flexibility index (Phi) is 3.21. The van der Waals surface area contributed by atoms with E-state index >= 15 is 0 Å². The number of carbonyl (C=O) groups is 1. The van der Waals surface area contributed by atoms with Gasteiger partial charge in [0.05, 0.1) is 6.04 Å². The van der Waals surface area contributed by atoms with Crippen LogP contribution in [0.15, 0.2) is 59.3 Å². The summed E-state index contributed by atoms with van der Waals surface area (Å²) in [5.74, 6) is -0.125. The largest absolute Gasteiger partial charge is 0.443 e. The number of oxazole rings is 1. The molecule has 0 saturated heterocycles. The summed E-state index contributed by atoms with van der Waals surface area (Å²) in [5, 5.41) is 2.97. The maximum atomic E-state index is 12.2. The molecule has 0 radical (unpaired) electrons. The first-order valence-corrected chi connectivity index (χ1v) is 6.43. The van der Waals surface area contributed by atoms with Crippen molar-refractivity contribution < 1.29 is 9.21 Å². The van der Waals surface area contributed by atoms with Gasteiger partial charge in [-0.25, -0.2) is 4.98 Å². The molecule has 3 aromatic rings. The summed E-state index contributed by atoms with van der Waals surface area (Å²) in [4.78, 5) is 16.3. The first-order chi connectivity index (χ1) is 9.74. The molecule has 4 nitrogen and oxygen atoms in total. The molecule has 1 unspecified atom stereocenters. The molecule has 0 fully saturated rings. The molecule has 0 bridgehead atoms. The average Bonchev–Trinajstić information content (AvgIpc) is 2.95. The molecule has 20 heavy (non-hydrogen) atoms. The highest BCUT2D eigenvalue weighted by Crippen LogP contribution is 2.16. The van der Waals surface area contributed by atoms with Crippen molar-refractivity contribution in [3.63, 3.8) is 0 Å². The summed E-state index contributed by atoms with van der Waals surface area (Å²) < 4.78 is 5.21. The highest BCUT2D eigenvalue weighted by molar-refractivity contribution is 5.97. The molecule has 0 aliphatic rings. The van der Waals surface area contributed by atoms with Crippen LogP contribution in [0.1, 0.15) is 28.9 Å². The monoisotopic (exact) mass is 266 g/mol. The molecule has 0 aliphatic heterocycles. The highest BCUT2D eigenvalue weighted by atomic mass is 16.3. The second-order valence-electron chi connectivity index (χ2n) is 4.64. The average molecular weight is 266 g/mol. The summed E-state index contributed by atoms with van der Waals surface area (Å²) in [6.07, 6.45) is 1.37. The van der Waals surface area contributed by atoms with Crippen molar-refractivity contribution >= 4 is 17.0 Å². The topological polar surface area (TPSA) is 55.1 Å². The van der Waals surface area contributed by atoms with Gasteiger partial charge in [-0.1, -0.05) is 30.3 Å². The van der Waals surface area contributed by atoms with Gasteiger partial charge in [-0.3, -0.25) is 4.79 Å². The SMILES string of the molecule is CC(NC(=O)c1ccc2ncoc2c1)c1ccccc1. The van der Waals surface area contributed by atoms with Crippen LogP contribution < -0.4 is 5.32 Å². The van der Waals surface area contributed by atoms with Crippen LogP contribution in [-0.2, 0) is 0 Å². The molecule has 0 aliphatic carbocycles.